The monoisotopic (exact) mass is 279 g/mol. The fourth-order valence-electron chi connectivity index (χ4n) is 1.96. The predicted molar refractivity (Wildman–Crippen MR) is 75.8 cm³/mol. The van der Waals surface area contributed by atoms with Gasteiger partial charge in [0.15, 0.2) is 5.79 Å². The highest BCUT2D eigenvalue weighted by atomic mass is 16.7. The van der Waals surface area contributed by atoms with Gasteiger partial charge in [0, 0.05) is 5.69 Å². The number of esters is 1. The molecule has 5 heteroatoms. The number of carbonyl (C=O) groups is 1. The Kier molecular flexibility index (Phi) is 4.62. The average Bonchev–Trinajstić information content (AvgIpc) is 2.42. The standard InChI is InChI=1S/C15H21NO4/c1-4-18-14(17)11-6-5-7-12(8-11)16-13-9-19-15(2,3)20-10-13/h5-8,13,16H,4,9-10H2,1-3H3. The lowest BCUT2D eigenvalue weighted by atomic mass is 10.2. The molecule has 0 amide bonds. The van der Waals surface area contributed by atoms with Crippen LogP contribution in [-0.2, 0) is 14.2 Å². The van der Waals surface area contributed by atoms with E-state index in [4.69, 9.17) is 14.2 Å². The van der Waals surface area contributed by atoms with Crippen molar-refractivity contribution in [3.05, 3.63) is 29.8 Å². The second-order valence-corrected chi connectivity index (χ2v) is 5.16. The van der Waals surface area contributed by atoms with Gasteiger partial charge in [-0.3, -0.25) is 0 Å². The van der Waals surface area contributed by atoms with E-state index < -0.39 is 5.79 Å². The SMILES string of the molecule is CCOC(=O)c1cccc(NC2COC(C)(C)OC2)c1. The minimum absolute atomic E-state index is 0.0699. The van der Waals surface area contributed by atoms with Gasteiger partial charge in [-0.25, -0.2) is 4.79 Å². The van der Waals surface area contributed by atoms with Gasteiger partial charge in [0.25, 0.3) is 0 Å². The van der Waals surface area contributed by atoms with Crippen molar-refractivity contribution < 1.29 is 19.0 Å². The summed E-state index contributed by atoms with van der Waals surface area (Å²) in [7, 11) is 0. The summed E-state index contributed by atoms with van der Waals surface area (Å²) in [5, 5.41) is 3.30. The van der Waals surface area contributed by atoms with Gasteiger partial charge in [-0.2, -0.15) is 0 Å². The molecule has 1 aliphatic rings. The Labute approximate surface area is 119 Å². The molecule has 1 aromatic rings. The van der Waals surface area contributed by atoms with Gasteiger partial charge in [-0.1, -0.05) is 6.07 Å². The molecule has 1 fully saturated rings. The van der Waals surface area contributed by atoms with Crippen LogP contribution < -0.4 is 5.32 Å². The lowest BCUT2D eigenvalue weighted by molar-refractivity contribution is -0.247. The first kappa shape index (κ1) is 14.8. The van der Waals surface area contributed by atoms with Crippen molar-refractivity contribution in [3.63, 3.8) is 0 Å². The summed E-state index contributed by atoms with van der Waals surface area (Å²) in [5.74, 6) is -0.834. The quantitative estimate of drug-likeness (QED) is 0.858. The van der Waals surface area contributed by atoms with Gasteiger partial charge in [-0.15, -0.1) is 0 Å². The highest BCUT2D eigenvalue weighted by molar-refractivity contribution is 5.90. The maximum atomic E-state index is 11.7. The number of nitrogens with one attached hydrogen (secondary N) is 1. The number of carbonyl (C=O) groups excluding carboxylic acids is 1. The van der Waals surface area contributed by atoms with Gasteiger partial charge in [-0.05, 0) is 39.0 Å². The molecule has 110 valence electrons. The maximum Gasteiger partial charge on any atom is 0.338 e. The Bertz CT molecular complexity index is 463. The molecular weight excluding hydrogens is 258 g/mol. The van der Waals surface area contributed by atoms with Crippen LogP contribution in [-0.4, -0.2) is 37.6 Å². The summed E-state index contributed by atoms with van der Waals surface area (Å²) < 4.78 is 16.2. The van der Waals surface area contributed by atoms with E-state index in [9.17, 15) is 4.79 Å². The van der Waals surface area contributed by atoms with Crippen LogP contribution in [0.3, 0.4) is 0 Å². The first-order chi connectivity index (χ1) is 9.50. The van der Waals surface area contributed by atoms with E-state index in [0.29, 0.717) is 25.4 Å². The number of hydrogen-bond acceptors (Lipinski definition) is 5. The average molecular weight is 279 g/mol. The zero-order valence-corrected chi connectivity index (χ0v) is 12.1. The number of anilines is 1. The largest absolute Gasteiger partial charge is 0.462 e. The molecule has 5 nitrogen and oxygen atoms in total. The Morgan fingerprint density at radius 3 is 2.75 bits per heavy atom. The summed E-state index contributed by atoms with van der Waals surface area (Å²) in [6.07, 6.45) is 0. The predicted octanol–water partition coefficient (Wildman–Crippen LogP) is 2.43. The van der Waals surface area contributed by atoms with Crippen LogP contribution in [0.5, 0.6) is 0 Å². The molecule has 1 saturated heterocycles. The van der Waals surface area contributed by atoms with Gasteiger partial charge in [0.2, 0.25) is 0 Å². The van der Waals surface area contributed by atoms with Crippen molar-refractivity contribution in [2.24, 2.45) is 0 Å². The molecule has 0 radical (unpaired) electrons. The molecule has 1 N–H and O–H groups in total. The fraction of sp³-hybridized carbons (Fsp3) is 0.533. The number of hydrogen-bond donors (Lipinski definition) is 1. The van der Waals surface area contributed by atoms with E-state index in [1.807, 2.05) is 26.0 Å². The molecule has 0 bridgehead atoms. The van der Waals surface area contributed by atoms with Crippen molar-refractivity contribution >= 4 is 11.7 Å². The van der Waals surface area contributed by atoms with Crippen molar-refractivity contribution in [2.45, 2.75) is 32.6 Å². The van der Waals surface area contributed by atoms with E-state index in [1.165, 1.54) is 0 Å². The van der Waals surface area contributed by atoms with E-state index >= 15 is 0 Å². The normalized spacial score (nSPS) is 18.6. The van der Waals surface area contributed by atoms with E-state index in [1.54, 1.807) is 19.1 Å². The van der Waals surface area contributed by atoms with Gasteiger partial charge < -0.3 is 19.5 Å². The van der Waals surface area contributed by atoms with Crippen molar-refractivity contribution in [1.29, 1.82) is 0 Å². The van der Waals surface area contributed by atoms with Crippen LogP contribution in [0.1, 0.15) is 31.1 Å². The number of benzene rings is 1. The molecule has 1 aromatic carbocycles. The van der Waals surface area contributed by atoms with Crippen LogP contribution in [0, 0.1) is 0 Å². The van der Waals surface area contributed by atoms with Crippen LogP contribution >= 0.6 is 0 Å². The molecule has 0 saturated carbocycles. The molecule has 0 aliphatic carbocycles. The number of ether oxygens (including phenoxy) is 3. The zero-order valence-electron chi connectivity index (χ0n) is 12.1. The van der Waals surface area contributed by atoms with E-state index in [0.717, 1.165) is 5.69 Å². The summed E-state index contributed by atoms with van der Waals surface area (Å²) in [6, 6.07) is 7.31. The Morgan fingerprint density at radius 1 is 1.40 bits per heavy atom. The minimum Gasteiger partial charge on any atom is -0.462 e. The molecule has 0 aromatic heterocycles. The van der Waals surface area contributed by atoms with E-state index in [2.05, 4.69) is 5.32 Å². The van der Waals surface area contributed by atoms with Gasteiger partial charge in [0.1, 0.15) is 0 Å². The Balaban J connectivity index is 1.96. The molecule has 1 aliphatic heterocycles. The first-order valence-electron chi connectivity index (χ1n) is 6.82. The lowest BCUT2D eigenvalue weighted by Crippen LogP contribution is -2.45. The minimum atomic E-state index is -0.523. The number of rotatable bonds is 4. The molecule has 0 spiro atoms. The third-order valence-corrected chi connectivity index (χ3v) is 3.01. The van der Waals surface area contributed by atoms with Crippen molar-refractivity contribution in [3.8, 4) is 0 Å². The van der Waals surface area contributed by atoms with Crippen LogP contribution in [0.25, 0.3) is 0 Å². The zero-order chi connectivity index (χ0) is 14.6. The maximum absolute atomic E-state index is 11.7. The molecule has 0 unspecified atom stereocenters. The second kappa shape index (κ2) is 6.24. The molecule has 1 heterocycles. The topological polar surface area (TPSA) is 56.8 Å². The van der Waals surface area contributed by atoms with Crippen molar-refractivity contribution in [1.82, 2.24) is 0 Å². The summed E-state index contributed by atoms with van der Waals surface area (Å²) in [5.41, 5.74) is 1.39. The lowest BCUT2D eigenvalue weighted by Gasteiger charge is -2.35. The third-order valence-electron chi connectivity index (χ3n) is 3.01. The molecule has 20 heavy (non-hydrogen) atoms. The van der Waals surface area contributed by atoms with Gasteiger partial charge in [0.05, 0.1) is 31.4 Å². The second-order valence-electron chi connectivity index (χ2n) is 5.16. The first-order valence-corrected chi connectivity index (χ1v) is 6.82. The van der Waals surface area contributed by atoms with Crippen LogP contribution in [0.15, 0.2) is 24.3 Å². The summed E-state index contributed by atoms with van der Waals surface area (Å²) in [4.78, 5) is 11.7. The highest BCUT2D eigenvalue weighted by Gasteiger charge is 2.28. The fourth-order valence-corrected chi connectivity index (χ4v) is 1.96. The molecule has 0 atom stereocenters. The van der Waals surface area contributed by atoms with E-state index in [-0.39, 0.29) is 12.0 Å². The van der Waals surface area contributed by atoms with Crippen LogP contribution in [0.4, 0.5) is 5.69 Å². The third kappa shape index (κ3) is 3.95. The summed E-state index contributed by atoms with van der Waals surface area (Å²) >= 11 is 0. The Hall–Kier alpha value is -1.59. The Morgan fingerprint density at radius 2 is 2.10 bits per heavy atom. The summed E-state index contributed by atoms with van der Waals surface area (Å²) in [6.45, 7) is 7.08. The molecule has 2 rings (SSSR count). The highest BCUT2D eigenvalue weighted by Crippen LogP contribution is 2.20. The molecular formula is C15H21NO4. The smallest absolute Gasteiger partial charge is 0.338 e. The van der Waals surface area contributed by atoms with Crippen molar-refractivity contribution in [2.75, 3.05) is 25.1 Å². The van der Waals surface area contributed by atoms with Gasteiger partial charge >= 0.3 is 5.97 Å². The van der Waals surface area contributed by atoms with Crippen LogP contribution in [0.2, 0.25) is 0 Å².